The quantitative estimate of drug-likeness (QED) is 0.596. The monoisotopic (exact) mass is 384 g/mol. The Morgan fingerprint density at radius 3 is 2.74 bits per heavy atom. The number of carbonyl (C=O) groups is 1. The third-order valence-corrected chi connectivity index (χ3v) is 5.72. The molecule has 0 bridgehead atoms. The van der Waals surface area contributed by atoms with Crippen LogP contribution in [0.15, 0.2) is 41.7 Å². The number of rotatable bonds is 6. The number of hydrogen-bond acceptors (Lipinski definition) is 5. The van der Waals surface area contributed by atoms with Gasteiger partial charge >= 0.3 is 0 Å². The van der Waals surface area contributed by atoms with Gasteiger partial charge in [0.05, 0.1) is 5.75 Å². The van der Waals surface area contributed by atoms with Gasteiger partial charge in [0.25, 0.3) is 0 Å². The van der Waals surface area contributed by atoms with E-state index in [0.29, 0.717) is 17.6 Å². The van der Waals surface area contributed by atoms with Crippen LogP contribution in [0.1, 0.15) is 32.8 Å². The number of aromatic nitrogens is 2. The predicted molar refractivity (Wildman–Crippen MR) is 112 cm³/mol. The van der Waals surface area contributed by atoms with E-state index >= 15 is 0 Å². The number of amides is 1. The highest BCUT2D eigenvalue weighted by molar-refractivity contribution is 7.99. The summed E-state index contributed by atoms with van der Waals surface area (Å²) in [6, 6.07) is 9.97. The lowest BCUT2D eigenvalue weighted by Gasteiger charge is -2.35. The molecular weight excluding hydrogens is 356 g/mol. The molecule has 1 aliphatic rings. The third kappa shape index (κ3) is 5.70. The third-order valence-electron chi connectivity index (χ3n) is 4.79. The van der Waals surface area contributed by atoms with Crippen molar-refractivity contribution >= 4 is 29.2 Å². The number of hydrogen-bond donors (Lipinski definition) is 1. The molecule has 0 unspecified atom stereocenters. The molecule has 0 saturated carbocycles. The van der Waals surface area contributed by atoms with E-state index in [2.05, 4.69) is 47.0 Å². The van der Waals surface area contributed by atoms with Crippen molar-refractivity contribution in [3.8, 4) is 0 Å². The number of thioether (sulfide) groups is 1. The zero-order valence-electron chi connectivity index (χ0n) is 16.3. The molecule has 3 rings (SSSR count). The minimum absolute atomic E-state index is 0.0198. The molecule has 2 aromatic rings. The summed E-state index contributed by atoms with van der Waals surface area (Å²) in [5.41, 5.74) is 2.06. The summed E-state index contributed by atoms with van der Waals surface area (Å²) in [6.07, 6.45) is 3.82. The maximum atomic E-state index is 12.3. The first-order valence-electron chi connectivity index (χ1n) is 9.62. The smallest absolute Gasteiger partial charge is 0.234 e. The van der Waals surface area contributed by atoms with Crippen molar-refractivity contribution in [2.45, 2.75) is 38.6 Å². The van der Waals surface area contributed by atoms with Gasteiger partial charge in [-0.1, -0.05) is 44.7 Å². The number of nitrogens with zero attached hydrogens (tertiary/aromatic N) is 3. The van der Waals surface area contributed by atoms with Crippen molar-refractivity contribution in [1.29, 1.82) is 0 Å². The largest absolute Gasteiger partial charge is 0.356 e. The van der Waals surface area contributed by atoms with Gasteiger partial charge < -0.3 is 10.2 Å². The van der Waals surface area contributed by atoms with E-state index in [1.807, 2.05) is 24.3 Å². The average Bonchev–Trinajstić information content (AvgIpc) is 2.66. The molecule has 1 amide bonds. The molecule has 2 atom stereocenters. The van der Waals surface area contributed by atoms with Crippen LogP contribution in [-0.2, 0) is 11.2 Å². The van der Waals surface area contributed by atoms with Crippen LogP contribution in [0.25, 0.3) is 0 Å². The Kier molecular flexibility index (Phi) is 6.72. The molecule has 0 aliphatic carbocycles. The first-order valence-corrected chi connectivity index (χ1v) is 10.6. The molecule has 1 saturated heterocycles. The topological polar surface area (TPSA) is 58.1 Å². The van der Waals surface area contributed by atoms with Gasteiger partial charge in [0.2, 0.25) is 5.91 Å². The molecule has 6 heteroatoms. The first kappa shape index (κ1) is 19.7. The van der Waals surface area contributed by atoms with Crippen molar-refractivity contribution in [3.63, 3.8) is 0 Å². The Bertz CT molecular complexity index is 772. The molecule has 1 aromatic heterocycles. The Morgan fingerprint density at radius 1 is 1.22 bits per heavy atom. The Balaban J connectivity index is 1.57. The van der Waals surface area contributed by atoms with Gasteiger partial charge in [0.15, 0.2) is 0 Å². The maximum Gasteiger partial charge on any atom is 0.234 e. The SMILES string of the molecule is CCc1cccc(NC(=O)CSc2cc(N3C[C@H](C)C[C@H](C)C3)ncn2)c1. The molecule has 144 valence electrons. The van der Waals surface area contributed by atoms with Crippen LogP contribution in [0.4, 0.5) is 11.5 Å². The summed E-state index contributed by atoms with van der Waals surface area (Å²) in [7, 11) is 0. The van der Waals surface area contributed by atoms with Gasteiger partial charge in [-0.3, -0.25) is 4.79 Å². The second-order valence-corrected chi connectivity index (χ2v) is 8.45. The molecule has 1 fully saturated rings. The van der Waals surface area contributed by atoms with Crippen molar-refractivity contribution in [2.75, 3.05) is 29.1 Å². The first-order chi connectivity index (χ1) is 13.0. The van der Waals surface area contributed by atoms with Crippen LogP contribution in [-0.4, -0.2) is 34.7 Å². The van der Waals surface area contributed by atoms with Crippen molar-refractivity contribution in [1.82, 2.24) is 9.97 Å². The summed E-state index contributed by atoms with van der Waals surface area (Å²) < 4.78 is 0. The van der Waals surface area contributed by atoms with E-state index in [-0.39, 0.29) is 5.91 Å². The zero-order chi connectivity index (χ0) is 19.2. The Morgan fingerprint density at radius 2 is 2.00 bits per heavy atom. The number of piperidine rings is 1. The summed E-state index contributed by atoms with van der Waals surface area (Å²) in [6.45, 7) is 8.74. The van der Waals surface area contributed by atoms with Crippen LogP contribution in [0.2, 0.25) is 0 Å². The van der Waals surface area contributed by atoms with Crippen LogP contribution in [0.3, 0.4) is 0 Å². The van der Waals surface area contributed by atoms with Crippen LogP contribution >= 0.6 is 11.8 Å². The normalized spacial score (nSPS) is 19.7. The number of nitrogens with one attached hydrogen (secondary N) is 1. The number of benzene rings is 1. The van der Waals surface area contributed by atoms with E-state index < -0.39 is 0 Å². The number of carbonyl (C=O) groups excluding carboxylic acids is 1. The van der Waals surface area contributed by atoms with Gasteiger partial charge in [-0.05, 0) is 42.4 Å². The van der Waals surface area contributed by atoms with Gasteiger partial charge in [0.1, 0.15) is 17.2 Å². The molecular formula is C21H28N4OS. The van der Waals surface area contributed by atoms with Crippen molar-refractivity contribution in [2.24, 2.45) is 11.8 Å². The number of aryl methyl sites for hydroxylation is 1. The average molecular weight is 385 g/mol. The van der Waals surface area contributed by atoms with Gasteiger partial charge in [-0.2, -0.15) is 0 Å². The fraction of sp³-hybridized carbons (Fsp3) is 0.476. The van der Waals surface area contributed by atoms with E-state index in [0.717, 1.165) is 36.0 Å². The predicted octanol–water partition coefficient (Wildman–Crippen LogP) is 4.25. The molecule has 0 spiro atoms. The van der Waals surface area contributed by atoms with Crippen LogP contribution < -0.4 is 10.2 Å². The minimum Gasteiger partial charge on any atom is -0.356 e. The lowest BCUT2D eigenvalue weighted by molar-refractivity contribution is -0.113. The highest BCUT2D eigenvalue weighted by Crippen LogP contribution is 2.27. The van der Waals surface area contributed by atoms with E-state index in [4.69, 9.17) is 0 Å². The molecule has 1 N–H and O–H groups in total. The summed E-state index contributed by atoms with van der Waals surface area (Å²) in [5.74, 6) is 2.61. The second kappa shape index (κ2) is 9.22. The summed E-state index contributed by atoms with van der Waals surface area (Å²) >= 11 is 1.45. The van der Waals surface area contributed by atoms with E-state index in [9.17, 15) is 4.79 Å². The van der Waals surface area contributed by atoms with E-state index in [1.54, 1.807) is 6.33 Å². The lowest BCUT2D eigenvalue weighted by Crippen LogP contribution is -2.39. The van der Waals surface area contributed by atoms with E-state index in [1.165, 1.54) is 23.7 Å². The fourth-order valence-corrected chi connectivity index (χ4v) is 4.30. The molecule has 0 radical (unpaired) electrons. The van der Waals surface area contributed by atoms with Crippen molar-refractivity contribution in [3.05, 3.63) is 42.2 Å². The van der Waals surface area contributed by atoms with Crippen LogP contribution in [0, 0.1) is 11.8 Å². The maximum absolute atomic E-state index is 12.3. The highest BCUT2D eigenvalue weighted by atomic mass is 32.2. The fourth-order valence-electron chi connectivity index (χ4n) is 3.64. The molecule has 1 aliphatic heterocycles. The lowest BCUT2D eigenvalue weighted by atomic mass is 9.92. The minimum atomic E-state index is -0.0198. The van der Waals surface area contributed by atoms with Gasteiger partial charge in [-0.25, -0.2) is 9.97 Å². The standard InChI is InChI=1S/C21H28N4OS/c1-4-17-6-5-7-18(9-17)24-20(26)13-27-21-10-19(22-14-23-21)25-11-15(2)8-16(3)12-25/h5-7,9-10,14-16H,4,8,11-13H2,1-3H3,(H,24,26)/t15-,16+. The van der Waals surface area contributed by atoms with Crippen molar-refractivity contribution < 1.29 is 4.79 Å². The Hall–Kier alpha value is -2.08. The highest BCUT2D eigenvalue weighted by Gasteiger charge is 2.23. The van der Waals surface area contributed by atoms with Crippen LogP contribution in [0.5, 0.6) is 0 Å². The number of anilines is 2. The molecule has 5 nitrogen and oxygen atoms in total. The molecule has 2 heterocycles. The second-order valence-electron chi connectivity index (χ2n) is 7.46. The molecule has 1 aromatic carbocycles. The summed E-state index contributed by atoms with van der Waals surface area (Å²) in [5, 5.41) is 3.80. The van der Waals surface area contributed by atoms with Gasteiger partial charge in [-0.15, -0.1) is 0 Å². The Labute approximate surface area is 166 Å². The zero-order valence-corrected chi connectivity index (χ0v) is 17.1. The molecule has 27 heavy (non-hydrogen) atoms. The summed E-state index contributed by atoms with van der Waals surface area (Å²) in [4.78, 5) is 23.4. The van der Waals surface area contributed by atoms with Gasteiger partial charge in [0, 0.05) is 24.8 Å².